The molecule has 2 aliphatic rings. The zero-order valence-electron chi connectivity index (χ0n) is 49.8. The fourth-order valence-electron chi connectivity index (χ4n) is 11.6. The number of hydrogen-bond acceptors (Lipinski definition) is 14. The maximum atomic E-state index is 12.0. The fourth-order valence-corrected chi connectivity index (χ4v) is 13.6. The molecule has 0 unspecified atom stereocenters. The number of ether oxygens (including phenoxy) is 2. The van der Waals surface area contributed by atoms with E-state index >= 15 is 0 Å². The van der Waals surface area contributed by atoms with E-state index in [4.69, 9.17) is 64.7 Å². The van der Waals surface area contributed by atoms with Gasteiger partial charge in [-0.25, -0.2) is 26.8 Å². The van der Waals surface area contributed by atoms with Gasteiger partial charge in [-0.2, -0.15) is 0 Å². The molecule has 0 radical (unpaired) electrons. The SMILES string of the molecule is C[N+](C)(CCOCc1ccc(Cl)c(Cl)c1)Cc1cnc([C@](O)(c2ccccc2)C2CCCCC2)o1.C[N+](C)(CCOCc1ccc(Cl)c(Cl)c1)Cc1cnc([C@](O)(c2ccccc2)C2CCCCC2)o1.O=S(=O)([O-])c1cccc2c(S(=O)(=O)[O-])cccc12. The van der Waals surface area contributed by atoms with Crippen LogP contribution in [0, 0.1) is 11.8 Å². The monoisotopic (exact) mass is 1320 g/mol. The van der Waals surface area contributed by atoms with Crippen LogP contribution in [0.5, 0.6) is 0 Å². The zero-order chi connectivity index (χ0) is 63.3. The Morgan fingerprint density at radius 3 is 1.22 bits per heavy atom. The average Bonchev–Trinajstić information content (AvgIpc) is 1.42. The van der Waals surface area contributed by atoms with Crippen LogP contribution in [0.2, 0.25) is 20.1 Å². The Morgan fingerprint density at radius 2 is 0.875 bits per heavy atom. The summed E-state index contributed by atoms with van der Waals surface area (Å²) >= 11 is 24.1. The lowest BCUT2D eigenvalue weighted by Gasteiger charge is -2.36. The predicted molar refractivity (Wildman–Crippen MR) is 339 cm³/mol. The summed E-state index contributed by atoms with van der Waals surface area (Å²) in [5.74, 6) is 2.53. The maximum Gasteiger partial charge on any atom is 0.231 e. The molecular formula is C66H76Cl4N4O12S2. The first-order valence-corrected chi connectivity index (χ1v) is 33.7. The minimum atomic E-state index is -4.74. The summed E-state index contributed by atoms with van der Waals surface area (Å²) in [6, 6.07) is 37.9. The Hall–Kier alpha value is -5.26. The molecule has 2 fully saturated rings. The number of nitrogens with zero attached hydrogens (tertiary/aromatic N) is 4. The number of quaternary nitrogens is 2. The number of benzene rings is 6. The lowest BCUT2D eigenvalue weighted by atomic mass is 9.73. The van der Waals surface area contributed by atoms with Gasteiger partial charge >= 0.3 is 0 Å². The van der Waals surface area contributed by atoms with E-state index in [1.807, 2.05) is 84.9 Å². The Morgan fingerprint density at radius 1 is 0.511 bits per heavy atom. The van der Waals surface area contributed by atoms with Crippen LogP contribution < -0.4 is 0 Å². The molecule has 2 N–H and O–H groups in total. The maximum absolute atomic E-state index is 12.0. The van der Waals surface area contributed by atoms with Gasteiger partial charge in [0.05, 0.1) is 96.9 Å². The van der Waals surface area contributed by atoms with E-state index in [1.54, 1.807) is 24.5 Å². The molecule has 6 aromatic carbocycles. The van der Waals surface area contributed by atoms with Gasteiger partial charge < -0.3 is 46.6 Å². The van der Waals surface area contributed by atoms with E-state index in [9.17, 15) is 36.2 Å². The van der Waals surface area contributed by atoms with E-state index < -0.39 is 41.2 Å². The molecular weight excluding hydrogens is 1250 g/mol. The summed E-state index contributed by atoms with van der Waals surface area (Å²) in [5.41, 5.74) is 1.27. The van der Waals surface area contributed by atoms with Gasteiger partial charge in [0, 0.05) is 22.6 Å². The second kappa shape index (κ2) is 30.2. The van der Waals surface area contributed by atoms with E-state index in [-0.39, 0.29) is 22.6 Å². The molecule has 2 aromatic heterocycles. The first kappa shape index (κ1) is 68.6. The Labute approximate surface area is 536 Å². The van der Waals surface area contributed by atoms with Gasteiger partial charge in [-0.05, 0) is 84.3 Å². The number of aliphatic hydroxyl groups is 2. The van der Waals surface area contributed by atoms with Crippen molar-refractivity contribution in [2.24, 2.45) is 11.8 Å². The van der Waals surface area contributed by atoms with Crippen molar-refractivity contribution in [1.29, 1.82) is 0 Å². The third-order valence-electron chi connectivity index (χ3n) is 16.3. The molecule has 88 heavy (non-hydrogen) atoms. The van der Waals surface area contributed by atoms with Gasteiger partial charge in [0.2, 0.25) is 11.8 Å². The summed E-state index contributed by atoms with van der Waals surface area (Å²) in [7, 11) is -0.940. The fraction of sp³-hybridized carbons (Fsp3) is 0.394. The molecule has 16 nitrogen and oxygen atoms in total. The van der Waals surface area contributed by atoms with Gasteiger partial charge in [0.15, 0.2) is 22.7 Å². The first-order chi connectivity index (χ1) is 41.8. The molecule has 22 heteroatoms. The predicted octanol–water partition coefficient (Wildman–Crippen LogP) is 13.8. The molecule has 2 saturated carbocycles. The number of fused-ring (bicyclic) bond motifs is 1. The van der Waals surface area contributed by atoms with Gasteiger partial charge in [0.1, 0.15) is 46.4 Å². The summed E-state index contributed by atoms with van der Waals surface area (Å²) < 4.78 is 91.7. The minimum Gasteiger partial charge on any atom is -0.744 e. The zero-order valence-corrected chi connectivity index (χ0v) is 54.5. The van der Waals surface area contributed by atoms with Gasteiger partial charge in [-0.15, -0.1) is 0 Å². The molecule has 2 aliphatic carbocycles. The number of oxazole rings is 2. The number of hydrogen-bond donors (Lipinski definition) is 2. The van der Waals surface area contributed by atoms with E-state index in [0.29, 0.717) is 80.4 Å². The van der Waals surface area contributed by atoms with E-state index in [1.165, 1.54) is 37.1 Å². The highest BCUT2D eigenvalue weighted by molar-refractivity contribution is 7.86. The third kappa shape index (κ3) is 18.0. The normalized spacial score (nSPS) is 16.0. The second-order valence-corrected chi connectivity index (χ2v) is 28.3. The van der Waals surface area contributed by atoms with Crippen LogP contribution in [-0.4, -0.2) is 110 Å². The summed E-state index contributed by atoms with van der Waals surface area (Å²) in [6.07, 6.45) is 14.4. The van der Waals surface area contributed by atoms with E-state index in [2.05, 4.69) is 38.2 Å². The molecule has 0 spiro atoms. The summed E-state index contributed by atoms with van der Waals surface area (Å²) in [5, 5.41) is 26.0. The highest BCUT2D eigenvalue weighted by Gasteiger charge is 2.46. The topological polar surface area (TPSA) is 225 Å². The van der Waals surface area contributed by atoms with Crippen molar-refractivity contribution >= 4 is 77.4 Å². The minimum absolute atomic E-state index is 0.0792. The Bertz CT molecular complexity index is 3560. The number of rotatable bonds is 22. The summed E-state index contributed by atoms with van der Waals surface area (Å²) in [4.78, 5) is 8.09. The Kier molecular flexibility index (Phi) is 23.6. The molecule has 472 valence electrons. The standard InChI is InChI=1S/2C28H35Cl2N2O3.C10H8O6S2/c2*1-32(2,15-16-34-20-21-13-14-25(29)26(30)17-21)19-24-18-31-27(35-24)28(33,22-9-5-3-6-10-22)23-11-7-4-8-12-23;11-17(12,13)9-5-1-3-7-8(9)4-2-6-10(7)18(14,15)16/h2*3,5-6,9-10,13-14,17-18,23,33H,4,7-8,11-12,15-16,19-20H2,1-2H3;1-6H,(H,11,12,13)(H,14,15,16)/q2*+1;/p-2/t2*28-;/m00./s1. The molecule has 0 aliphatic heterocycles. The van der Waals surface area contributed by atoms with Crippen molar-refractivity contribution in [1.82, 2.24) is 9.97 Å². The number of likely N-dealkylation sites (N-methyl/N-ethyl adjacent to an activating group) is 2. The molecule has 0 saturated heterocycles. The van der Waals surface area contributed by atoms with Crippen LogP contribution in [0.1, 0.15) is 110 Å². The molecule has 10 rings (SSSR count). The molecule has 2 atom stereocenters. The lowest BCUT2D eigenvalue weighted by molar-refractivity contribution is -0.905. The lowest BCUT2D eigenvalue weighted by Crippen LogP contribution is -2.41. The highest BCUT2D eigenvalue weighted by Crippen LogP contribution is 2.45. The number of aromatic nitrogens is 2. The van der Waals surface area contributed by atoms with Crippen molar-refractivity contribution in [2.45, 2.75) is 112 Å². The second-order valence-electron chi connectivity index (χ2n) is 24.0. The summed E-state index contributed by atoms with van der Waals surface area (Å²) in [6.45, 7) is 5.03. The van der Waals surface area contributed by atoms with Crippen LogP contribution in [0.3, 0.4) is 0 Å². The van der Waals surface area contributed by atoms with Crippen LogP contribution >= 0.6 is 46.4 Å². The van der Waals surface area contributed by atoms with Gasteiger partial charge in [-0.3, -0.25) is 0 Å². The largest absolute Gasteiger partial charge is 0.744 e. The van der Waals surface area contributed by atoms with Crippen LogP contribution in [0.4, 0.5) is 0 Å². The van der Waals surface area contributed by atoms with Crippen LogP contribution in [-0.2, 0) is 67.2 Å². The van der Waals surface area contributed by atoms with Gasteiger partial charge in [0.25, 0.3) is 0 Å². The Balaban J connectivity index is 0.000000180. The van der Waals surface area contributed by atoms with Crippen molar-refractivity contribution < 1.29 is 63.4 Å². The van der Waals surface area contributed by atoms with Crippen LogP contribution in [0.25, 0.3) is 10.8 Å². The first-order valence-electron chi connectivity index (χ1n) is 29.3. The van der Waals surface area contributed by atoms with Gasteiger partial charge in [-0.1, -0.05) is 182 Å². The average molecular weight is 1320 g/mol. The molecule has 0 amide bonds. The van der Waals surface area contributed by atoms with Crippen molar-refractivity contribution in [3.8, 4) is 0 Å². The highest BCUT2D eigenvalue weighted by atomic mass is 35.5. The van der Waals surface area contributed by atoms with Crippen molar-refractivity contribution in [3.05, 3.63) is 212 Å². The molecule has 8 aromatic rings. The molecule has 0 bridgehead atoms. The molecule has 2 heterocycles. The van der Waals surface area contributed by atoms with Crippen molar-refractivity contribution in [2.75, 3.05) is 54.5 Å². The van der Waals surface area contributed by atoms with Crippen LogP contribution in [0.15, 0.2) is 164 Å². The number of halogens is 4. The third-order valence-corrected chi connectivity index (χ3v) is 19.6. The quantitative estimate of drug-likeness (QED) is 0.0366. The van der Waals surface area contributed by atoms with Crippen molar-refractivity contribution in [3.63, 3.8) is 0 Å². The smallest absolute Gasteiger partial charge is 0.231 e. The van der Waals surface area contributed by atoms with E-state index in [0.717, 1.165) is 110 Å².